The topological polar surface area (TPSA) is 70.7 Å². The number of aromatic amines is 1. The summed E-state index contributed by atoms with van der Waals surface area (Å²) in [4.78, 5) is 17.2. The number of benzene rings is 2. The van der Waals surface area contributed by atoms with Crippen LogP contribution >= 0.6 is 11.8 Å². The summed E-state index contributed by atoms with van der Waals surface area (Å²) in [6.45, 7) is 0. The van der Waals surface area contributed by atoms with Crippen LogP contribution in [0.1, 0.15) is 48.7 Å². The van der Waals surface area contributed by atoms with Gasteiger partial charge in [0.25, 0.3) is 0 Å². The number of hydrogen-bond donors (Lipinski definition) is 2. The Morgan fingerprint density at radius 3 is 2.50 bits per heavy atom. The molecule has 1 aliphatic carbocycles. The normalized spacial score (nSPS) is 15.2. The van der Waals surface area contributed by atoms with Gasteiger partial charge < -0.3 is 5.32 Å². The minimum absolute atomic E-state index is 0.00747. The molecule has 1 atom stereocenters. The van der Waals surface area contributed by atoms with Crippen molar-refractivity contribution in [1.29, 1.82) is 0 Å². The van der Waals surface area contributed by atoms with Gasteiger partial charge in [0.2, 0.25) is 11.1 Å². The first-order valence-corrected chi connectivity index (χ1v) is 11.7. The molecule has 0 saturated heterocycles. The second kappa shape index (κ2) is 10.4. The molecule has 3 aromatic rings. The van der Waals surface area contributed by atoms with Gasteiger partial charge in [-0.25, -0.2) is 4.98 Å². The molecule has 1 fully saturated rings. The average Bonchev–Trinajstić information content (AvgIpc) is 3.46. The summed E-state index contributed by atoms with van der Waals surface area (Å²) in [5, 5.41) is 11.2. The molecule has 1 unspecified atom stereocenters. The fraction of sp³-hybridized carbons (Fsp3) is 0.375. The van der Waals surface area contributed by atoms with Crippen LogP contribution in [-0.2, 0) is 17.6 Å². The summed E-state index contributed by atoms with van der Waals surface area (Å²) in [6, 6.07) is 20.3. The van der Waals surface area contributed by atoms with E-state index in [1.54, 1.807) is 0 Å². The Kier molecular flexibility index (Phi) is 7.19. The van der Waals surface area contributed by atoms with Crippen molar-refractivity contribution in [2.75, 3.05) is 5.75 Å². The maximum Gasteiger partial charge on any atom is 0.230 e. The molecule has 1 aromatic heterocycles. The van der Waals surface area contributed by atoms with Gasteiger partial charge >= 0.3 is 0 Å². The third-order valence-electron chi connectivity index (χ3n) is 5.62. The summed E-state index contributed by atoms with van der Waals surface area (Å²) < 4.78 is 0. The summed E-state index contributed by atoms with van der Waals surface area (Å²) in [6.07, 6.45) is 6.94. The first-order valence-electron chi connectivity index (χ1n) is 10.7. The van der Waals surface area contributed by atoms with E-state index in [1.807, 2.05) is 36.4 Å². The predicted octanol–water partition coefficient (Wildman–Crippen LogP) is 4.73. The molecule has 1 amide bonds. The Morgan fingerprint density at radius 2 is 1.77 bits per heavy atom. The Bertz CT molecular complexity index is 923. The van der Waals surface area contributed by atoms with Crippen LogP contribution in [-0.4, -0.2) is 26.8 Å². The monoisotopic (exact) mass is 420 g/mol. The third kappa shape index (κ3) is 5.95. The number of nitrogens with zero attached hydrogens (tertiary/aromatic N) is 2. The number of nitrogens with one attached hydrogen (secondary N) is 2. The quantitative estimate of drug-likeness (QED) is 0.491. The molecule has 0 aliphatic heterocycles. The van der Waals surface area contributed by atoms with Crippen LogP contribution in [0.4, 0.5) is 0 Å². The molecule has 1 heterocycles. The van der Waals surface area contributed by atoms with E-state index < -0.39 is 0 Å². The summed E-state index contributed by atoms with van der Waals surface area (Å²) in [5.74, 6) is 1.96. The van der Waals surface area contributed by atoms with E-state index in [-0.39, 0.29) is 11.9 Å². The lowest BCUT2D eigenvalue weighted by Crippen LogP contribution is -2.31. The van der Waals surface area contributed by atoms with Crippen LogP contribution in [0.2, 0.25) is 0 Å². The minimum Gasteiger partial charge on any atom is -0.348 e. The number of rotatable bonds is 9. The fourth-order valence-corrected chi connectivity index (χ4v) is 4.70. The van der Waals surface area contributed by atoms with Gasteiger partial charge in [-0.3, -0.25) is 9.89 Å². The van der Waals surface area contributed by atoms with Crippen molar-refractivity contribution in [2.45, 2.75) is 49.7 Å². The molecule has 0 spiro atoms. The third-order valence-corrected chi connectivity index (χ3v) is 6.47. The Labute approximate surface area is 182 Å². The number of amides is 1. The summed E-state index contributed by atoms with van der Waals surface area (Å²) >= 11 is 1.39. The van der Waals surface area contributed by atoms with E-state index in [4.69, 9.17) is 0 Å². The number of carbonyl (C=O) groups excluding carboxylic acids is 1. The van der Waals surface area contributed by atoms with Gasteiger partial charge in [-0.1, -0.05) is 98.1 Å². The average molecular weight is 421 g/mol. The van der Waals surface area contributed by atoms with Crippen LogP contribution in [0, 0.1) is 5.92 Å². The lowest BCUT2D eigenvalue weighted by molar-refractivity contribution is -0.119. The SMILES string of the molecule is O=C(CSc1n[nH]c(CC2CCCC2)n1)NC(Cc1ccccc1)c1ccccc1. The predicted molar refractivity (Wildman–Crippen MR) is 120 cm³/mol. The molecule has 1 aliphatic rings. The van der Waals surface area contributed by atoms with Crippen molar-refractivity contribution in [1.82, 2.24) is 20.5 Å². The number of thioether (sulfide) groups is 1. The highest BCUT2D eigenvalue weighted by Gasteiger charge is 2.19. The number of H-pyrrole nitrogens is 1. The van der Waals surface area contributed by atoms with Crippen LogP contribution < -0.4 is 5.32 Å². The molecule has 5 nitrogen and oxygen atoms in total. The molecule has 2 N–H and O–H groups in total. The minimum atomic E-state index is -0.0632. The zero-order valence-corrected chi connectivity index (χ0v) is 17.9. The Hall–Kier alpha value is -2.60. The van der Waals surface area contributed by atoms with Crippen molar-refractivity contribution >= 4 is 17.7 Å². The van der Waals surface area contributed by atoms with E-state index in [0.29, 0.717) is 10.9 Å². The van der Waals surface area contributed by atoms with E-state index >= 15 is 0 Å². The van der Waals surface area contributed by atoms with E-state index in [2.05, 4.69) is 44.8 Å². The summed E-state index contributed by atoms with van der Waals surface area (Å²) in [7, 11) is 0. The van der Waals surface area contributed by atoms with E-state index in [0.717, 1.165) is 30.1 Å². The van der Waals surface area contributed by atoms with Gasteiger partial charge in [-0.2, -0.15) is 0 Å². The molecule has 156 valence electrons. The summed E-state index contributed by atoms with van der Waals surface area (Å²) in [5.41, 5.74) is 2.31. The largest absolute Gasteiger partial charge is 0.348 e. The zero-order chi connectivity index (χ0) is 20.6. The smallest absolute Gasteiger partial charge is 0.230 e. The maximum absolute atomic E-state index is 12.7. The first-order chi connectivity index (χ1) is 14.8. The van der Waals surface area contributed by atoms with Crippen LogP contribution in [0.5, 0.6) is 0 Å². The zero-order valence-electron chi connectivity index (χ0n) is 17.1. The lowest BCUT2D eigenvalue weighted by Gasteiger charge is -2.19. The van der Waals surface area contributed by atoms with Gasteiger partial charge in [0.15, 0.2) is 0 Å². The number of hydrogen-bond acceptors (Lipinski definition) is 4. The Morgan fingerprint density at radius 1 is 1.07 bits per heavy atom. The van der Waals surface area contributed by atoms with E-state index in [9.17, 15) is 4.79 Å². The number of carbonyl (C=O) groups is 1. The first kappa shape index (κ1) is 20.7. The molecular formula is C24H28N4OS. The van der Waals surface area contributed by atoms with Gasteiger partial charge in [0, 0.05) is 6.42 Å². The van der Waals surface area contributed by atoms with Crippen molar-refractivity contribution in [3.05, 3.63) is 77.6 Å². The molecule has 0 bridgehead atoms. The van der Waals surface area contributed by atoms with Crippen molar-refractivity contribution in [3.8, 4) is 0 Å². The molecule has 1 saturated carbocycles. The van der Waals surface area contributed by atoms with Gasteiger partial charge in [0.05, 0.1) is 11.8 Å². The molecule has 2 aromatic carbocycles. The van der Waals surface area contributed by atoms with Crippen molar-refractivity contribution < 1.29 is 4.79 Å². The maximum atomic E-state index is 12.7. The van der Waals surface area contributed by atoms with Gasteiger partial charge in [0.1, 0.15) is 5.82 Å². The van der Waals surface area contributed by atoms with Crippen molar-refractivity contribution in [3.63, 3.8) is 0 Å². The molecule has 30 heavy (non-hydrogen) atoms. The molecule has 0 radical (unpaired) electrons. The second-order valence-corrected chi connectivity index (χ2v) is 8.87. The van der Waals surface area contributed by atoms with E-state index in [1.165, 1.54) is 43.0 Å². The standard InChI is InChI=1S/C24H28N4OS/c29-23(17-30-24-26-22(27-28-24)16-19-11-7-8-12-19)25-21(20-13-5-2-6-14-20)15-18-9-3-1-4-10-18/h1-6,9-10,13-14,19,21H,7-8,11-12,15-17H2,(H,25,29)(H,26,27,28). The lowest BCUT2D eigenvalue weighted by atomic mass is 9.99. The van der Waals surface area contributed by atoms with Gasteiger partial charge in [-0.05, 0) is 23.5 Å². The van der Waals surface area contributed by atoms with Crippen molar-refractivity contribution in [2.24, 2.45) is 5.92 Å². The highest BCUT2D eigenvalue weighted by Crippen LogP contribution is 2.27. The Balaban J connectivity index is 1.33. The van der Waals surface area contributed by atoms with Crippen LogP contribution in [0.3, 0.4) is 0 Å². The van der Waals surface area contributed by atoms with Crippen LogP contribution in [0.15, 0.2) is 65.8 Å². The molecule has 4 rings (SSSR count). The molecule has 6 heteroatoms. The van der Waals surface area contributed by atoms with Gasteiger partial charge in [-0.15, -0.1) is 5.10 Å². The van der Waals surface area contributed by atoms with Crippen LogP contribution in [0.25, 0.3) is 0 Å². The highest BCUT2D eigenvalue weighted by atomic mass is 32.2. The molecular weight excluding hydrogens is 392 g/mol. The fourth-order valence-electron chi connectivity index (χ4n) is 4.08. The second-order valence-electron chi connectivity index (χ2n) is 7.93. The number of aromatic nitrogens is 3. The highest BCUT2D eigenvalue weighted by molar-refractivity contribution is 7.99.